The van der Waals surface area contributed by atoms with Crippen molar-refractivity contribution in [3.8, 4) is 11.4 Å². The number of rotatable bonds is 5. The molecule has 4 aromatic rings. The minimum Gasteiger partial charge on any atom is -0.361 e. The average Bonchev–Trinajstić information content (AvgIpc) is 3.51. The van der Waals surface area contributed by atoms with Crippen molar-refractivity contribution in [1.82, 2.24) is 19.9 Å². The van der Waals surface area contributed by atoms with Gasteiger partial charge in [-0.05, 0) is 55.9 Å². The Morgan fingerprint density at radius 3 is 2.50 bits per heavy atom. The number of nitrogens with one attached hydrogen (secondary N) is 2. The summed E-state index contributed by atoms with van der Waals surface area (Å²) in [5.41, 5.74) is 4.19. The van der Waals surface area contributed by atoms with E-state index in [2.05, 4.69) is 57.3 Å². The number of para-hydroxylation sites is 2. The Bertz CT molecular complexity index is 1290. The largest absolute Gasteiger partial charge is 0.361 e. The smallest absolute Gasteiger partial charge is 0.243 e. The van der Waals surface area contributed by atoms with Crippen molar-refractivity contribution >= 4 is 27.8 Å². The lowest BCUT2D eigenvalue weighted by atomic mass is 9.82. The van der Waals surface area contributed by atoms with E-state index in [1.54, 1.807) is 0 Å². The SMILES string of the molecule is O=C(NC1CCCCC1)C(C1CCCCC1)n1c(-c2cccc3[nH]ccc23)nc2ccccc21. The number of imidazole rings is 1. The van der Waals surface area contributed by atoms with Crippen LogP contribution in [0.5, 0.6) is 0 Å². The summed E-state index contributed by atoms with van der Waals surface area (Å²) >= 11 is 0. The standard InChI is InChI=1S/C29H34N4O/c34-29(31-21-12-5-2-6-13-21)27(20-10-3-1-4-11-20)33-26-17-8-7-15-25(26)32-28(33)23-14-9-16-24-22(23)18-19-30-24/h7-9,14-21,27,30H,1-6,10-13H2,(H,31,34). The lowest BCUT2D eigenvalue weighted by molar-refractivity contribution is -0.127. The first-order valence-electron chi connectivity index (χ1n) is 13.1. The fraction of sp³-hybridized carbons (Fsp3) is 0.448. The zero-order valence-electron chi connectivity index (χ0n) is 19.8. The van der Waals surface area contributed by atoms with Crippen LogP contribution in [0.25, 0.3) is 33.3 Å². The molecule has 1 amide bonds. The maximum Gasteiger partial charge on any atom is 0.243 e. The Balaban J connectivity index is 1.51. The lowest BCUT2D eigenvalue weighted by Crippen LogP contribution is -2.43. The van der Waals surface area contributed by atoms with Gasteiger partial charge in [-0.1, -0.05) is 62.8 Å². The van der Waals surface area contributed by atoms with Gasteiger partial charge in [0.2, 0.25) is 5.91 Å². The molecule has 5 heteroatoms. The molecule has 0 radical (unpaired) electrons. The number of nitrogens with zero attached hydrogens (tertiary/aromatic N) is 2. The first-order chi connectivity index (χ1) is 16.8. The molecule has 2 aliphatic rings. The molecule has 0 saturated heterocycles. The van der Waals surface area contributed by atoms with Gasteiger partial charge in [0.05, 0.1) is 11.0 Å². The third kappa shape index (κ3) is 3.91. The van der Waals surface area contributed by atoms with Crippen LogP contribution < -0.4 is 5.32 Å². The summed E-state index contributed by atoms with van der Waals surface area (Å²) in [7, 11) is 0. The van der Waals surface area contributed by atoms with E-state index in [9.17, 15) is 4.79 Å². The monoisotopic (exact) mass is 454 g/mol. The van der Waals surface area contributed by atoms with E-state index in [-0.39, 0.29) is 11.9 Å². The molecular formula is C29H34N4O. The Morgan fingerprint density at radius 1 is 0.912 bits per heavy atom. The van der Waals surface area contributed by atoms with Crippen molar-refractivity contribution in [2.45, 2.75) is 76.3 Å². The highest BCUT2D eigenvalue weighted by molar-refractivity contribution is 5.96. The van der Waals surface area contributed by atoms with Gasteiger partial charge in [0, 0.05) is 28.7 Å². The first kappa shape index (κ1) is 21.5. The van der Waals surface area contributed by atoms with E-state index in [0.717, 1.165) is 59.0 Å². The van der Waals surface area contributed by atoms with E-state index in [1.807, 2.05) is 12.3 Å². The molecule has 5 nitrogen and oxygen atoms in total. The molecule has 6 rings (SSSR count). The summed E-state index contributed by atoms with van der Waals surface area (Å²) in [6, 6.07) is 16.8. The molecule has 0 spiro atoms. The van der Waals surface area contributed by atoms with Crippen molar-refractivity contribution in [3.05, 3.63) is 54.7 Å². The highest BCUT2D eigenvalue weighted by Crippen LogP contribution is 2.40. The summed E-state index contributed by atoms with van der Waals surface area (Å²) in [4.78, 5) is 22.5. The van der Waals surface area contributed by atoms with Crippen molar-refractivity contribution < 1.29 is 4.79 Å². The molecule has 2 aromatic heterocycles. The fourth-order valence-electron chi connectivity index (χ4n) is 6.32. The molecular weight excluding hydrogens is 420 g/mol. The number of fused-ring (bicyclic) bond motifs is 2. The normalized spacial score (nSPS) is 18.9. The van der Waals surface area contributed by atoms with Gasteiger partial charge in [-0.2, -0.15) is 0 Å². The molecule has 0 aliphatic heterocycles. The number of carbonyl (C=O) groups is 1. The van der Waals surface area contributed by atoms with Gasteiger partial charge in [0.1, 0.15) is 11.9 Å². The quantitative estimate of drug-likeness (QED) is 0.350. The zero-order valence-corrected chi connectivity index (χ0v) is 19.8. The van der Waals surface area contributed by atoms with Crippen LogP contribution in [0.3, 0.4) is 0 Å². The highest BCUT2D eigenvalue weighted by atomic mass is 16.2. The Hall–Kier alpha value is -3.08. The molecule has 176 valence electrons. The molecule has 1 unspecified atom stereocenters. The van der Waals surface area contributed by atoms with Crippen LogP contribution in [0.2, 0.25) is 0 Å². The molecule has 1 atom stereocenters. The molecule has 2 fully saturated rings. The summed E-state index contributed by atoms with van der Waals surface area (Å²) in [6.07, 6.45) is 13.8. The van der Waals surface area contributed by atoms with Crippen LogP contribution >= 0.6 is 0 Å². The Kier molecular flexibility index (Phi) is 5.86. The highest BCUT2D eigenvalue weighted by Gasteiger charge is 2.35. The fourth-order valence-corrected chi connectivity index (χ4v) is 6.32. The van der Waals surface area contributed by atoms with Crippen LogP contribution in [-0.2, 0) is 4.79 Å². The predicted octanol–water partition coefficient (Wildman–Crippen LogP) is 6.75. The van der Waals surface area contributed by atoms with Gasteiger partial charge in [0.15, 0.2) is 0 Å². The van der Waals surface area contributed by atoms with Crippen molar-refractivity contribution in [1.29, 1.82) is 0 Å². The number of hydrogen-bond donors (Lipinski definition) is 2. The van der Waals surface area contributed by atoms with E-state index < -0.39 is 0 Å². The molecule has 2 heterocycles. The zero-order chi connectivity index (χ0) is 22.9. The summed E-state index contributed by atoms with van der Waals surface area (Å²) in [6.45, 7) is 0. The summed E-state index contributed by atoms with van der Waals surface area (Å²) in [5.74, 6) is 1.42. The van der Waals surface area contributed by atoms with E-state index in [0.29, 0.717) is 12.0 Å². The molecule has 0 bridgehead atoms. The number of H-pyrrole nitrogens is 1. The van der Waals surface area contributed by atoms with Gasteiger partial charge < -0.3 is 14.9 Å². The summed E-state index contributed by atoms with van der Waals surface area (Å²) < 4.78 is 2.28. The molecule has 2 aliphatic carbocycles. The second kappa shape index (κ2) is 9.28. The third-order valence-electron chi connectivity index (χ3n) is 8.03. The molecule has 34 heavy (non-hydrogen) atoms. The predicted molar refractivity (Wildman–Crippen MR) is 138 cm³/mol. The second-order valence-corrected chi connectivity index (χ2v) is 10.2. The van der Waals surface area contributed by atoms with Gasteiger partial charge >= 0.3 is 0 Å². The van der Waals surface area contributed by atoms with Gasteiger partial charge in [-0.25, -0.2) is 4.98 Å². The molecule has 2 N–H and O–H groups in total. The van der Waals surface area contributed by atoms with E-state index in [4.69, 9.17) is 4.98 Å². The number of carbonyl (C=O) groups excluding carboxylic acids is 1. The van der Waals surface area contributed by atoms with Crippen LogP contribution in [0, 0.1) is 5.92 Å². The minimum absolute atomic E-state index is 0.185. The van der Waals surface area contributed by atoms with Crippen molar-refractivity contribution in [2.75, 3.05) is 0 Å². The average molecular weight is 455 g/mol. The molecule has 2 aromatic carbocycles. The van der Waals surface area contributed by atoms with Crippen molar-refractivity contribution in [2.24, 2.45) is 5.92 Å². The third-order valence-corrected chi connectivity index (χ3v) is 8.03. The van der Waals surface area contributed by atoms with Crippen LogP contribution in [0.1, 0.15) is 70.3 Å². The van der Waals surface area contributed by atoms with E-state index >= 15 is 0 Å². The Morgan fingerprint density at radius 2 is 1.68 bits per heavy atom. The van der Waals surface area contributed by atoms with Gasteiger partial charge in [-0.15, -0.1) is 0 Å². The number of benzene rings is 2. The molecule has 2 saturated carbocycles. The lowest BCUT2D eigenvalue weighted by Gasteiger charge is -2.33. The van der Waals surface area contributed by atoms with Crippen molar-refractivity contribution in [3.63, 3.8) is 0 Å². The van der Waals surface area contributed by atoms with Crippen LogP contribution in [-0.4, -0.2) is 26.5 Å². The number of aromatic nitrogens is 3. The topological polar surface area (TPSA) is 62.7 Å². The van der Waals surface area contributed by atoms with E-state index in [1.165, 1.54) is 38.5 Å². The van der Waals surface area contributed by atoms with Crippen LogP contribution in [0.15, 0.2) is 54.7 Å². The summed E-state index contributed by atoms with van der Waals surface area (Å²) in [5, 5.41) is 4.63. The Labute approximate surface area is 201 Å². The van der Waals surface area contributed by atoms with Gasteiger partial charge in [-0.3, -0.25) is 4.79 Å². The maximum atomic E-state index is 14.1. The van der Waals surface area contributed by atoms with Gasteiger partial charge in [0.25, 0.3) is 0 Å². The maximum absolute atomic E-state index is 14.1. The second-order valence-electron chi connectivity index (χ2n) is 10.2. The minimum atomic E-state index is -0.237. The number of hydrogen-bond acceptors (Lipinski definition) is 2. The number of amides is 1. The first-order valence-corrected chi connectivity index (χ1v) is 13.1. The van der Waals surface area contributed by atoms with Crippen LogP contribution in [0.4, 0.5) is 0 Å². The number of aromatic amines is 1.